The van der Waals surface area contributed by atoms with E-state index in [0.29, 0.717) is 12.8 Å². The van der Waals surface area contributed by atoms with Crippen LogP contribution in [0.2, 0.25) is 0 Å². The van der Waals surface area contributed by atoms with Gasteiger partial charge in [0.1, 0.15) is 6.61 Å². The zero-order valence-corrected chi connectivity index (χ0v) is 10.7. The zero-order valence-electron chi connectivity index (χ0n) is 10.7. The lowest BCUT2D eigenvalue weighted by Crippen LogP contribution is -2.18. The average Bonchev–Trinajstić information content (AvgIpc) is 2.26. The molecule has 1 N–H and O–H groups in total. The molecule has 0 aliphatic heterocycles. The number of aliphatic hydroxyl groups is 1. The summed E-state index contributed by atoms with van der Waals surface area (Å²) in [5.74, 6) is -0.174. The van der Waals surface area contributed by atoms with Crippen molar-refractivity contribution in [2.45, 2.75) is 71.3 Å². The highest BCUT2D eigenvalue weighted by Crippen LogP contribution is 2.06. The first-order valence-corrected chi connectivity index (χ1v) is 6.54. The predicted octanol–water partition coefficient (Wildman–Crippen LogP) is 3.05. The number of aliphatic hydroxyl groups excluding tert-OH is 1. The first-order chi connectivity index (χ1) is 7.70. The average molecular weight is 230 g/mol. The van der Waals surface area contributed by atoms with E-state index in [0.717, 1.165) is 19.3 Å². The Morgan fingerprint density at radius 1 is 1.12 bits per heavy atom. The topological polar surface area (TPSA) is 46.5 Å². The summed E-state index contributed by atoms with van der Waals surface area (Å²) < 4.78 is 4.97. The van der Waals surface area contributed by atoms with Gasteiger partial charge in [-0.1, -0.05) is 46.0 Å². The summed E-state index contributed by atoms with van der Waals surface area (Å²) in [6.07, 6.45) is 7.26. The summed E-state index contributed by atoms with van der Waals surface area (Å²) in [6, 6.07) is 0. The van der Waals surface area contributed by atoms with Gasteiger partial charge in [0.05, 0.1) is 6.10 Å². The maximum atomic E-state index is 11.3. The van der Waals surface area contributed by atoms with Gasteiger partial charge < -0.3 is 9.84 Å². The van der Waals surface area contributed by atoms with E-state index in [4.69, 9.17) is 4.74 Å². The highest BCUT2D eigenvalue weighted by Gasteiger charge is 2.07. The maximum Gasteiger partial charge on any atom is 0.305 e. The van der Waals surface area contributed by atoms with Crippen molar-refractivity contribution in [2.75, 3.05) is 6.61 Å². The van der Waals surface area contributed by atoms with Gasteiger partial charge in [0.2, 0.25) is 0 Å². The van der Waals surface area contributed by atoms with Gasteiger partial charge in [-0.25, -0.2) is 0 Å². The molecule has 0 saturated carbocycles. The lowest BCUT2D eigenvalue weighted by Gasteiger charge is -2.09. The fraction of sp³-hybridized carbons (Fsp3) is 0.923. The lowest BCUT2D eigenvalue weighted by atomic mass is 10.1. The number of rotatable bonds is 10. The predicted molar refractivity (Wildman–Crippen MR) is 65.2 cm³/mol. The molecule has 0 spiro atoms. The number of esters is 1. The SMILES string of the molecule is CCCCCCCC(=O)OCC(O)CCC. The minimum absolute atomic E-state index is 0.154. The Bertz CT molecular complexity index is 169. The molecule has 0 aromatic rings. The van der Waals surface area contributed by atoms with Crippen LogP contribution in [0.3, 0.4) is 0 Å². The molecule has 0 saturated heterocycles. The molecular formula is C13H26O3. The van der Waals surface area contributed by atoms with Gasteiger partial charge in [-0.2, -0.15) is 0 Å². The molecule has 3 heteroatoms. The van der Waals surface area contributed by atoms with Crippen molar-refractivity contribution >= 4 is 5.97 Å². The third-order valence-corrected chi connectivity index (χ3v) is 2.54. The number of carbonyl (C=O) groups excluding carboxylic acids is 1. The van der Waals surface area contributed by atoms with Crippen molar-refractivity contribution in [3.63, 3.8) is 0 Å². The standard InChI is InChI=1S/C13H26O3/c1-3-5-6-7-8-10-13(15)16-11-12(14)9-4-2/h12,14H,3-11H2,1-2H3. The van der Waals surface area contributed by atoms with Crippen LogP contribution in [-0.4, -0.2) is 23.8 Å². The van der Waals surface area contributed by atoms with Crippen LogP contribution in [0.25, 0.3) is 0 Å². The maximum absolute atomic E-state index is 11.3. The Morgan fingerprint density at radius 3 is 2.44 bits per heavy atom. The normalized spacial score (nSPS) is 12.4. The van der Waals surface area contributed by atoms with Crippen LogP contribution in [0.1, 0.15) is 65.2 Å². The van der Waals surface area contributed by atoms with Gasteiger partial charge in [0.15, 0.2) is 0 Å². The van der Waals surface area contributed by atoms with E-state index in [-0.39, 0.29) is 12.6 Å². The number of ether oxygens (including phenoxy) is 1. The molecule has 16 heavy (non-hydrogen) atoms. The first-order valence-electron chi connectivity index (χ1n) is 6.54. The second-order valence-electron chi connectivity index (χ2n) is 4.29. The van der Waals surface area contributed by atoms with E-state index in [1.165, 1.54) is 19.3 Å². The zero-order chi connectivity index (χ0) is 12.2. The Balaban J connectivity index is 3.30. The van der Waals surface area contributed by atoms with Crippen LogP contribution in [0.4, 0.5) is 0 Å². The smallest absolute Gasteiger partial charge is 0.305 e. The Hall–Kier alpha value is -0.570. The van der Waals surface area contributed by atoms with Crippen LogP contribution in [0.15, 0.2) is 0 Å². The summed E-state index contributed by atoms with van der Waals surface area (Å²) in [5, 5.41) is 9.36. The van der Waals surface area contributed by atoms with Crippen molar-refractivity contribution in [2.24, 2.45) is 0 Å². The van der Waals surface area contributed by atoms with Crippen LogP contribution < -0.4 is 0 Å². The minimum Gasteiger partial charge on any atom is -0.463 e. The molecule has 96 valence electrons. The summed E-state index contributed by atoms with van der Waals surface area (Å²) in [4.78, 5) is 11.3. The Labute approximate surface area is 99.2 Å². The van der Waals surface area contributed by atoms with Crippen LogP contribution in [-0.2, 0) is 9.53 Å². The first kappa shape index (κ1) is 15.4. The van der Waals surface area contributed by atoms with Gasteiger partial charge in [-0.15, -0.1) is 0 Å². The number of hydrogen-bond acceptors (Lipinski definition) is 3. The minimum atomic E-state index is -0.492. The molecule has 0 bridgehead atoms. The van der Waals surface area contributed by atoms with Gasteiger partial charge in [0.25, 0.3) is 0 Å². The second kappa shape index (κ2) is 10.9. The quantitative estimate of drug-likeness (QED) is 0.463. The van der Waals surface area contributed by atoms with Gasteiger partial charge in [0, 0.05) is 6.42 Å². The highest BCUT2D eigenvalue weighted by atomic mass is 16.5. The molecule has 0 aliphatic rings. The van der Waals surface area contributed by atoms with E-state index < -0.39 is 6.10 Å². The molecule has 0 rings (SSSR count). The van der Waals surface area contributed by atoms with E-state index in [9.17, 15) is 9.90 Å². The fourth-order valence-corrected chi connectivity index (χ4v) is 1.55. The highest BCUT2D eigenvalue weighted by molar-refractivity contribution is 5.69. The van der Waals surface area contributed by atoms with Crippen LogP contribution in [0.5, 0.6) is 0 Å². The molecule has 3 nitrogen and oxygen atoms in total. The molecule has 0 radical (unpaired) electrons. The van der Waals surface area contributed by atoms with E-state index in [2.05, 4.69) is 6.92 Å². The summed E-state index contributed by atoms with van der Waals surface area (Å²) >= 11 is 0. The van der Waals surface area contributed by atoms with Crippen LogP contribution >= 0.6 is 0 Å². The van der Waals surface area contributed by atoms with Crippen molar-refractivity contribution in [1.29, 1.82) is 0 Å². The van der Waals surface area contributed by atoms with Crippen molar-refractivity contribution in [3.05, 3.63) is 0 Å². The molecule has 0 heterocycles. The molecule has 0 aromatic carbocycles. The molecule has 0 aliphatic carbocycles. The van der Waals surface area contributed by atoms with Gasteiger partial charge in [-0.3, -0.25) is 4.79 Å². The van der Waals surface area contributed by atoms with Crippen LogP contribution in [0, 0.1) is 0 Å². The number of unbranched alkanes of at least 4 members (excludes halogenated alkanes) is 4. The Morgan fingerprint density at radius 2 is 1.81 bits per heavy atom. The molecule has 1 atom stereocenters. The largest absolute Gasteiger partial charge is 0.463 e. The third-order valence-electron chi connectivity index (χ3n) is 2.54. The molecule has 0 amide bonds. The van der Waals surface area contributed by atoms with Crippen molar-refractivity contribution < 1.29 is 14.6 Å². The molecule has 0 fully saturated rings. The molecule has 0 aromatic heterocycles. The van der Waals surface area contributed by atoms with E-state index in [1.54, 1.807) is 0 Å². The third kappa shape index (κ3) is 9.97. The van der Waals surface area contributed by atoms with Gasteiger partial charge >= 0.3 is 5.97 Å². The fourth-order valence-electron chi connectivity index (χ4n) is 1.55. The summed E-state index contributed by atoms with van der Waals surface area (Å²) in [5.41, 5.74) is 0. The second-order valence-corrected chi connectivity index (χ2v) is 4.29. The van der Waals surface area contributed by atoms with E-state index in [1.807, 2.05) is 6.92 Å². The Kier molecular flexibility index (Phi) is 10.5. The molecular weight excluding hydrogens is 204 g/mol. The summed E-state index contributed by atoms with van der Waals surface area (Å²) in [6.45, 7) is 4.32. The summed E-state index contributed by atoms with van der Waals surface area (Å²) in [7, 11) is 0. The lowest BCUT2D eigenvalue weighted by molar-refractivity contribution is -0.146. The molecule has 1 unspecified atom stereocenters. The van der Waals surface area contributed by atoms with Crippen molar-refractivity contribution in [3.8, 4) is 0 Å². The van der Waals surface area contributed by atoms with Gasteiger partial charge in [-0.05, 0) is 12.8 Å². The number of hydrogen-bond donors (Lipinski definition) is 1. The monoisotopic (exact) mass is 230 g/mol. The van der Waals surface area contributed by atoms with E-state index >= 15 is 0 Å². The number of carbonyl (C=O) groups is 1. The van der Waals surface area contributed by atoms with Crippen molar-refractivity contribution in [1.82, 2.24) is 0 Å².